The summed E-state index contributed by atoms with van der Waals surface area (Å²) in [7, 11) is 0. The fourth-order valence-corrected chi connectivity index (χ4v) is 8.23. The monoisotopic (exact) mass is 863 g/mol. The second-order valence-corrected chi connectivity index (χ2v) is 19.8. The summed E-state index contributed by atoms with van der Waals surface area (Å²) in [5.41, 5.74) is 0. The third-order valence-electron chi connectivity index (χ3n) is 13.1. The fraction of sp³-hybridized carbons (Fsp3) is 0.945. The van der Waals surface area contributed by atoms with Crippen LogP contribution >= 0.6 is 0 Å². The van der Waals surface area contributed by atoms with Crippen molar-refractivity contribution in [1.29, 1.82) is 0 Å². The fourth-order valence-electron chi connectivity index (χ4n) is 8.23. The van der Waals surface area contributed by atoms with E-state index in [2.05, 4.69) is 41.5 Å². The zero-order valence-electron chi connectivity index (χ0n) is 42.0. The van der Waals surface area contributed by atoms with Crippen LogP contribution < -0.4 is 0 Å². The molecule has 0 saturated carbocycles. The quantitative estimate of drug-likeness (QED) is 0.0344. The molecule has 3 atom stereocenters. The minimum absolute atomic E-state index is 0.0651. The van der Waals surface area contributed by atoms with Gasteiger partial charge in [-0.3, -0.25) is 14.4 Å². The van der Waals surface area contributed by atoms with Crippen LogP contribution in [0.2, 0.25) is 0 Å². The molecule has 0 amide bonds. The van der Waals surface area contributed by atoms with Gasteiger partial charge in [0.2, 0.25) is 0 Å². The van der Waals surface area contributed by atoms with Crippen molar-refractivity contribution in [1.82, 2.24) is 0 Å². The maximum Gasteiger partial charge on any atom is 0.306 e. The summed E-state index contributed by atoms with van der Waals surface area (Å²) in [5.74, 6) is 1.69. The van der Waals surface area contributed by atoms with Gasteiger partial charge in [-0.1, -0.05) is 260 Å². The summed E-state index contributed by atoms with van der Waals surface area (Å²) < 4.78 is 16.8. The van der Waals surface area contributed by atoms with Gasteiger partial charge < -0.3 is 14.2 Å². The summed E-state index contributed by atoms with van der Waals surface area (Å²) in [6.45, 7) is 13.7. The van der Waals surface area contributed by atoms with Gasteiger partial charge in [0.1, 0.15) is 13.2 Å². The molecule has 2 unspecified atom stereocenters. The van der Waals surface area contributed by atoms with Crippen LogP contribution in [-0.2, 0) is 28.6 Å². The van der Waals surface area contributed by atoms with Gasteiger partial charge in [0.25, 0.3) is 0 Å². The van der Waals surface area contributed by atoms with E-state index in [4.69, 9.17) is 14.2 Å². The van der Waals surface area contributed by atoms with Gasteiger partial charge >= 0.3 is 17.9 Å². The van der Waals surface area contributed by atoms with Crippen molar-refractivity contribution in [2.75, 3.05) is 13.2 Å². The molecule has 6 heteroatoms. The van der Waals surface area contributed by atoms with Crippen LogP contribution in [0.25, 0.3) is 0 Å². The highest BCUT2D eigenvalue weighted by atomic mass is 16.6. The van der Waals surface area contributed by atoms with E-state index in [0.717, 1.165) is 75.5 Å². The van der Waals surface area contributed by atoms with Gasteiger partial charge in [-0.2, -0.15) is 0 Å². The Morgan fingerprint density at radius 2 is 0.574 bits per heavy atom. The van der Waals surface area contributed by atoms with Crippen molar-refractivity contribution in [3.05, 3.63) is 0 Å². The third-order valence-corrected chi connectivity index (χ3v) is 13.1. The Morgan fingerprint density at radius 3 is 0.852 bits per heavy atom. The number of unbranched alkanes of at least 4 members (excludes halogenated alkanes) is 29. The zero-order chi connectivity index (χ0) is 44.9. The van der Waals surface area contributed by atoms with E-state index < -0.39 is 6.10 Å². The van der Waals surface area contributed by atoms with Gasteiger partial charge in [-0.15, -0.1) is 0 Å². The molecule has 0 bridgehead atoms. The number of rotatable bonds is 48. The van der Waals surface area contributed by atoms with Crippen molar-refractivity contribution in [2.24, 2.45) is 17.8 Å². The minimum atomic E-state index is -0.763. The van der Waals surface area contributed by atoms with Crippen LogP contribution in [-0.4, -0.2) is 37.2 Å². The molecular weight excluding hydrogens is 757 g/mol. The molecule has 61 heavy (non-hydrogen) atoms. The zero-order valence-corrected chi connectivity index (χ0v) is 42.0. The van der Waals surface area contributed by atoms with Crippen LogP contribution in [0.5, 0.6) is 0 Å². The van der Waals surface area contributed by atoms with E-state index >= 15 is 0 Å². The highest BCUT2D eigenvalue weighted by Gasteiger charge is 2.19. The Hall–Kier alpha value is -1.59. The molecule has 362 valence electrons. The molecule has 0 aliphatic rings. The number of esters is 3. The Bertz CT molecular complexity index is 949. The Labute approximate surface area is 380 Å². The van der Waals surface area contributed by atoms with E-state index in [1.54, 1.807) is 0 Å². The highest BCUT2D eigenvalue weighted by molar-refractivity contribution is 5.71. The lowest BCUT2D eigenvalue weighted by molar-refractivity contribution is -0.167. The van der Waals surface area contributed by atoms with Crippen molar-refractivity contribution >= 4 is 17.9 Å². The number of hydrogen-bond donors (Lipinski definition) is 0. The molecular formula is C55H106O6. The summed E-state index contributed by atoms with van der Waals surface area (Å²) in [6.07, 6.45) is 46.6. The van der Waals surface area contributed by atoms with Crippen molar-refractivity contribution in [3.63, 3.8) is 0 Å². The predicted molar refractivity (Wildman–Crippen MR) is 261 cm³/mol. The normalized spacial score (nSPS) is 13.0. The molecule has 0 aromatic heterocycles. The van der Waals surface area contributed by atoms with Crippen molar-refractivity contribution < 1.29 is 28.6 Å². The first-order valence-corrected chi connectivity index (χ1v) is 27.2. The summed E-state index contributed by atoms with van der Waals surface area (Å²) in [6, 6.07) is 0. The average molecular weight is 863 g/mol. The Kier molecular flexibility index (Phi) is 45.2. The van der Waals surface area contributed by atoms with Gasteiger partial charge in [0.05, 0.1) is 0 Å². The molecule has 0 N–H and O–H groups in total. The predicted octanol–water partition coefficient (Wildman–Crippen LogP) is 17.6. The number of carbonyl (C=O) groups excluding carboxylic acids is 3. The van der Waals surface area contributed by atoms with Crippen LogP contribution in [0.3, 0.4) is 0 Å². The van der Waals surface area contributed by atoms with E-state index in [1.165, 1.54) is 180 Å². The SMILES string of the molecule is CCC(C)CCCCCCCCCCCCCCCCC(=O)OC[C@H](COC(=O)CCCCCCCCCCCCCCC(C)C)OC(=O)CCCCCCCCC(C)CC. The molecule has 0 spiro atoms. The number of ether oxygens (including phenoxy) is 3. The molecule has 0 aliphatic carbocycles. The van der Waals surface area contributed by atoms with E-state index in [1.807, 2.05) is 0 Å². The Morgan fingerprint density at radius 1 is 0.328 bits per heavy atom. The first-order chi connectivity index (χ1) is 29.7. The molecule has 0 heterocycles. The van der Waals surface area contributed by atoms with E-state index in [-0.39, 0.29) is 31.1 Å². The lowest BCUT2D eigenvalue weighted by Gasteiger charge is -2.18. The maximum atomic E-state index is 12.8. The topological polar surface area (TPSA) is 78.9 Å². The molecule has 0 radical (unpaired) electrons. The van der Waals surface area contributed by atoms with Gasteiger partial charge in [0.15, 0.2) is 6.10 Å². The number of carbonyl (C=O) groups is 3. The standard InChI is InChI=1S/C55H106O6/c1-7-50(5)42-36-30-24-20-16-11-9-10-12-17-21-25-32-38-44-53(56)59-47-52(61-55(58)46-40-34-28-27-31-37-43-51(6)8-2)48-60-54(57)45-39-33-26-22-18-14-13-15-19-23-29-35-41-49(3)4/h49-52H,7-48H2,1-6H3/t50?,51?,52-/m1/s1. The molecule has 0 rings (SSSR count). The first kappa shape index (κ1) is 59.4. The smallest absolute Gasteiger partial charge is 0.306 e. The molecule has 0 aromatic carbocycles. The summed E-state index contributed by atoms with van der Waals surface area (Å²) in [5, 5.41) is 0. The van der Waals surface area contributed by atoms with Crippen LogP contribution in [0.15, 0.2) is 0 Å². The maximum absolute atomic E-state index is 12.8. The Balaban J connectivity index is 4.26. The van der Waals surface area contributed by atoms with E-state index in [9.17, 15) is 14.4 Å². The highest BCUT2D eigenvalue weighted by Crippen LogP contribution is 2.19. The summed E-state index contributed by atoms with van der Waals surface area (Å²) in [4.78, 5) is 38.0. The second kappa shape index (κ2) is 46.4. The number of hydrogen-bond acceptors (Lipinski definition) is 6. The lowest BCUT2D eigenvalue weighted by atomic mass is 9.99. The summed E-state index contributed by atoms with van der Waals surface area (Å²) >= 11 is 0. The van der Waals surface area contributed by atoms with Crippen LogP contribution in [0, 0.1) is 17.8 Å². The van der Waals surface area contributed by atoms with Gasteiger partial charge in [0, 0.05) is 19.3 Å². The van der Waals surface area contributed by atoms with Crippen molar-refractivity contribution in [2.45, 2.75) is 304 Å². The first-order valence-electron chi connectivity index (χ1n) is 27.2. The average Bonchev–Trinajstić information content (AvgIpc) is 3.24. The molecule has 0 aromatic rings. The van der Waals surface area contributed by atoms with Gasteiger partial charge in [-0.25, -0.2) is 0 Å². The molecule has 0 aliphatic heterocycles. The largest absolute Gasteiger partial charge is 0.462 e. The third kappa shape index (κ3) is 46.2. The molecule has 0 saturated heterocycles. The second-order valence-electron chi connectivity index (χ2n) is 19.8. The molecule has 6 nitrogen and oxygen atoms in total. The van der Waals surface area contributed by atoms with Crippen molar-refractivity contribution in [3.8, 4) is 0 Å². The lowest BCUT2D eigenvalue weighted by Crippen LogP contribution is -2.30. The van der Waals surface area contributed by atoms with E-state index in [0.29, 0.717) is 19.3 Å². The van der Waals surface area contributed by atoms with Crippen LogP contribution in [0.4, 0.5) is 0 Å². The van der Waals surface area contributed by atoms with Gasteiger partial charge in [-0.05, 0) is 37.0 Å². The minimum Gasteiger partial charge on any atom is -0.462 e. The molecule has 0 fully saturated rings. The van der Waals surface area contributed by atoms with Crippen LogP contribution in [0.1, 0.15) is 298 Å².